The molecular weight excluding hydrogens is 289 g/mol. The van der Waals surface area contributed by atoms with Gasteiger partial charge in [-0.2, -0.15) is 0 Å². The van der Waals surface area contributed by atoms with Crippen LogP contribution in [0.2, 0.25) is 5.02 Å². The molecule has 0 aromatic heterocycles. The highest BCUT2D eigenvalue weighted by Gasteiger charge is 2.44. The first-order chi connectivity index (χ1) is 10.2. The van der Waals surface area contributed by atoms with Crippen LogP contribution in [0.5, 0.6) is 0 Å². The summed E-state index contributed by atoms with van der Waals surface area (Å²) >= 11 is 6.23. The van der Waals surface area contributed by atoms with Gasteiger partial charge in [-0.15, -0.1) is 0 Å². The second-order valence-electron chi connectivity index (χ2n) is 6.27. The number of hydrogen-bond donors (Lipinski definition) is 1. The molecule has 0 spiro atoms. The van der Waals surface area contributed by atoms with Crippen LogP contribution in [0.1, 0.15) is 38.2 Å². The average molecular weight is 312 g/mol. The average Bonchev–Trinajstić information content (AvgIpc) is 3.09. The summed E-state index contributed by atoms with van der Waals surface area (Å²) in [4.78, 5) is 0. The lowest BCUT2D eigenvalue weighted by Crippen LogP contribution is -2.42. The van der Waals surface area contributed by atoms with Crippen LogP contribution >= 0.6 is 11.6 Å². The Morgan fingerprint density at radius 2 is 2.29 bits per heavy atom. The van der Waals surface area contributed by atoms with Gasteiger partial charge in [-0.25, -0.2) is 4.39 Å². The Hall–Kier alpha value is -0.640. The van der Waals surface area contributed by atoms with Crippen molar-refractivity contribution < 1.29 is 9.13 Å². The number of ether oxygens (including phenoxy) is 1. The van der Waals surface area contributed by atoms with Crippen LogP contribution in [0, 0.1) is 11.7 Å². The van der Waals surface area contributed by atoms with Gasteiger partial charge in [-0.1, -0.05) is 18.5 Å². The molecule has 0 amide bonds. The van der Waals surface area contributed by atoms with Crippen molar-refractivity contribution in [1.29, 1.82) is 0 Å². The summed E-state index contributed by atoms with van der Waals surface area (Å²) in [6.07, 6.45) is 6.16. The summed E-state index contributed by atoms with van der Waals surface area (Å²) < 4.78 is 19.5. The van der Waals surface area contributed by atoms with E-state index >= 15 is 0 Å². The van der Waals surface area contributed by atoms with Crippen LogP contribution in [0.3, 0.4) is 0 Å². The van der Waals surface area contributed by atoms with Gasteiger partial charge in [0.25, 0.3) is 0 Å². The molecule has 116 valence electrons. The van der Waals surface area contributed by atoms with Gasteiger partial charge < -0.3 is 10.1 Å². The van der Waals surface area contributed by atoms with Crippen LogP contribution in [0.4, 0.5) is 4.39 Å². The van der Waals surface area contributed by atoms with Crippen molar-refractivity contribution in [3.63, 3.8) is 0 Å². The third-order valence-electron chi connectivity index (χ3n) is 4.77. The molecule has 2 aliphatic rings. The Morgan fingerprint density at radius 1 is 1.43 bits per heavy atom. The van der Waals surface area contributed by atoms with Gasteiger partial charge in [-0.05, 0) is 62.4 Å². The summed E-state index contributed by atoms with van der Waals surface area (Å²) in [5.74, 6) is 0.308. The molecule has 0 aliphatic carbocycles. The fourth-order valence-corrected chi connectivity index (χ4v) is 3.94. The van der Waals surface area contributed by atoms with E-state index in [-0.39, 0.29) is 5.82 Å². The molecule has 1 aromatic rings. The van der Waals surface area contributed by atoms with Crippen LogP contribution in [-0.4, -0.2) is 24.8 Å². The van der Waals surface area contributed by atoms with Gasteiger partial charge >= 0.3 is 0 Å². The lowest BCUT2D eigenvalue weighted by Gasteiger charge is -2.30. The van der Waals surface area contributed by atoms with Gasteiger partial charge in [0.05, 0.1) is 12.2 Å². The highest BCUT2D eigenvalue weighted by atomic mass is 35.5. The maximum absolute atomic E-state index is 13.5. The maximum Gasteiger partial charge on any atom is 0.123 e. The Morgan fingerprint density at radius 3 is 2.95 bits per heavy atom. The largest absolute Gasteiger partial charge is 0.375 e. The summed E-state index contributed by atoms with van der Waals surface area (Å²) in [5, 5.41) is 4.29. The Balaban J connectivity index is 1.74. The number of hydrogen-bond acceptors (Lipinski definition) is 2. The van der Waals surface area contributed by atoms with E-state index in [0.717, 1.165) is 37.8 Å². The third kappa shape index (κ3) is 3.41. The predicted molar refractivity (Wildman–Crippen MR) is 83.2 cm³/mol. The quantitative estimate of drug-likeness (QED) is 0.858. The molecule has 2 saturated heterocycles. The molecule has 2 aliphatic heterocycles. The minimum atomic E-state index is -0.215. The van der Waals surface area contributed by atoms with Gasteiger partial charge in [0, 0.05) is 17.0 Å². The van der Waals surface area contributed by atoms with Crippen molar-refractivity contribution in [2.75, 3.05) is 6.54 Å². The molecule has 1 N–H and O–H groups in total. The van der Waals surface area contributed by atoms with E-state index in [0.29, 0.717) is 29.2 Å². The van der Waals surface area contributed by atoms with Gasteiger partial charge in [0.15, 0.2) is 0 Å². The number of nitrogens with one attached hydrogen (secondary N) is 1. The molecule has 3 rings (SSSR count). The molecule has 21 heavy (non-hydrogen) atoms. The topological polar surface area (TPSA) is 21.3 Å². The molecule has 2 nitrogen and oxygen atoms in total. The zero-order valence-electron chi connectivity index (χ0n) is 12.4. The van der Waals surface area contributed by atoms with Crippen LogP contribution < -0.4 is 5.32 Å². The SMILES string of the molecule is CCCNC(Cc1cc(F)ccc1Cl)C1CC2CCC1O2. The molecule has 2 fully saturated rings. The van der Waals surface area contributed by atoms with Gasteiger partial charge in [-0.3, -0.25) is 0 Å². The zero-order chi connectivity index (χ0) is 14.8. The van der Waals surface area contributed by atoms with Gasteiger partial charge in [0.2, 0.25) is 0 Å². The minimum absolute atomic E-state index is 0.215. The van der Waals surface area contributed by atoms with E-state index in [1.54, 1.807) is 12.1 Å². The van der Waals surface area contributed by atoms with Gasteiger partial charge in [0.1, 0.15) is 5.82 Å². The highest BCUT2D eigenvalue weighted by Crippen LogP contribution is 2.41. The van der Waals surface area contributed by atoms with E-state index < -0.39 is 0 Å². The molecule has 2 heterocycles. The van der Waals surface area contributed by atoms with Crippen LogP contribution in [-0.2, 0) is 11.2 Å². The summed E-state index contributed by atoms with van der Waals surface area (Å²) in [5.41, 5.74) is 0.896. The Bertz CT molecular complexity index is 496. The first kappa shape index (κ1) is 15.3. The van der Waals surface area contributed by atoms with Crippen LogP contribution in [0.25, 0.3) is 0 Å². The standard InChI is InChI=1S/C17H23ClFNO/c1-2-7-20-16(14-10-13-4-6-17(14)21-13)9-11-8-12(19)3-5-15(11)18/h3,5,8,13-14,16-17,20H,2,4,6-7,9-10H2,1H3. The smallest absolute Gasteiger partial charge is 0.123 e. The number of halogens is 2. The molecular formula is C17H23ClFNO. The molecule has 2 bridgehead atoms. The molecule has 1 aromatic carbocycles. The zero-order valence-corrected chi connectivity index (χ0v) is 13.2. The van der Waals surface area contributed by atoms with Crippen molar-refractivity contribution in [3.05, 3.63) is 34.6 Å². The Labute approximate surface area is 131 Å². The molecule has 0 saturated carbocycles. The van der Waals surface area contributed by atoms with Crippen LogP contribution in [0.15, 0.2) is 18.2 Å². The molecule has 4 heteroatoms. The first-order valence-corrected chi connectivity index (χ1v) is 8.38. The monoisotopic (exact) mass is 311 g/mol. The predicted octanol–water partition coefficient (Wildman–Crippen LogP) is 3.96. The van der Waals surface area contributed by atoms with E-state index in [4.69, 9.17) is 16.3 Å². The third-order valence-corrected chi connectivity index (χ3v) is 5.14. The molecule has 4 unspecified atom stereocenters. The minimum Gasteiger partial charge on any atom is -0.375 e. The summed E-state index contributed by atoms with van der Waals surface area (Å²) in [6, 6.07) is 4.96. The Kier molecular flexibility index (Phi) is 4.82. The lowest BCUT2D eigenvalue weighted by molar-refractivity contribution is 0.0857. The highest BCUT2D eigenvalue weighted by molar-refractivity contribution is 6.31. The number of rotatable bonds is 6. The van der Waals surface area contributed by atoms with E-state index in [2.05, 4.69) is 12.2 Å². The van der Waals surface area contributed by atoms with E-state index in [1.165, 1.54) is 12.5 Å². The van der Waals surface area contributed by atoms with Crippen molar-refractivity contribution in [3.8, 4) is 0 Å². The summed E-state index contributed by atoms with van der Waals surface area (Å²) in [7, 11) is 0. The fraction of sp³-hybridized carbons (Fsp3) is 0.647. The van der Waals surface area contributed by atoms with Crippen molar-refractivity contribution in [1.82, 2.24) is 5.32 Å². The molecule has 0 radical (unpaired) electrons. The first-order valence-electron chi connectivity index (χ1n) is 8.00. The van der Waals surface area contributed by atoms with E-state index in [1.807, 2.05) is 0 Å². The van der Waals surface area contributed by atoms with E-state index in [9.17, 15) is 4.39 Å². The fourth-order valence-electron chi connectivity index (χ4n) is 3.74. The van der Waals surface area contributed by atoms with Crippen molar-refractivity contribution in [2.45, 2.75) is 57.3 Å². The maximum atomic E-state index is 13.5. The second-order valence-corrected chi connectivity index (χ2v) is 6.68. The second kappa shape index (κ2) is 6.64. The summed E-state index contributed by atoms with van der Waals surface area (Å²) in [6.45, 7) is 3.14. The normalized spacial score (nSPS) is 29.0. The van der Waals surface area contributed by atoms with Crippen molar-refractivity contribution >= 4 is 11.6 Å². The number of benzene rings is 1. The number of fused-ring (bicyclic) bond motifs is 2. The lowest BCUT2D eigenvalue weighted by atomic mass is 9.81. The molecule has 4 atom stereocenters. The van der Waals surface area contributed by atoms with Crippen molar-refractivity contribution in [2.24, 2.45) is 5.92 Å².